The molecule has 3 aromatic rings. The van der Waals surface area contributed by atoms with Gasteiger partial charge in [0.15, 0.2) is 5.82 Å². The molecule has 0 fully saturated rings. The molecule has 1 aromatic carbocycles. The third-order valence-corrected chi connectivity index (χ3v) is 6.36. The zero-order valence-electron chi connectivity index (χ0n) is 18.2. The molecular formula is C22H23F2N3O5S. The lowest BCUT2D eigenvalue weighted by atomic mass is 9.96. The van der Waals surface area contributed by atoms with Gasteiger partial charge in [0.1, 0.15) is 11.4 Å². The smallest absolute Gasteiger partial charge is 0.407 e. The number of phenols is 1. The highest BCUT2D eigenvalue weighted by molar-refractivity contribution is 7.90. The van der Waals surface area contributed by atoms with E-state index in [1.807, 2.05) is 0 Å². The van der Waals surface area contributed by atoms with Crippen LogP contribution in [0.5, 0.6) is 5.75 Å². The normalized spacial score (nSPS) is 12.0. The Hall–Kier alpha value is -3.47. The molecule has 0 aliphatic rings. The van der Waals surface area contributed by atoms with E-state index < -0.39 is 51.1 Å². The fraction of sp³-hybridized carbons (Fsp3) is 0.273. The molecule has 1 amide bonds. The lowest BCUT2D eigenvalue weighted by Crippen LogP contribution is -2.36. The lowest BCUT2D eigenvalue weighted by Gasteiger charge is -2.27. The Balaban J connectivity index is 2.21. The van der Waals surface area contributed by atoms with Crippen molar-refractivity contribution in [3.05, 3.63) is 66.1 Å². The molecule has 0 saturated heterocycles. The second-order valence-electron chi connectivity index (χ2n) is 8.65. The van der Waals surface area contributed by atoms with E-state index in [1.165, 1.54) is 12.1 Å². The van der Waals surface area contributed by atoms with Crippen LogP contribution in [-0.2, 0) is 16.6 Å². The van der Waals surface area contributed by atoms with E-state index in [1.54, 1.807) is 20.8 Å². The van der Waals surface area contributed by atoms with Crippen molar-refractivity contribution in [1.82, 2.24) is 13.9 Å². The second kappa shape index (κ2) is 8.81. The molecule has 0 aliphatic carbocycles. The minimum absolute atomic E-state index is 0.0499. The quantitative estimate of drug-likeness (QED) is 0.510. The van der Waals surface area contributed by atoms with Crippen LogP contribution in [0.1, 0.15) is 26.3 Å². The molecule has 33 heavy (non-hydrogen) atoms. The van der Waals surface area contributed by atoms with Gasteiger partial charge in [0, 0.05) is 24.5 Å². The first-order chi connectivity index (χ1) is 15.3. The predicted molar refractivity (Wildman–Crippen MR) is 116 cm³/mol. The largest absolute Gasteiger partial charge is 0.508 e. The number of phenolic OH excluding ortho intramolecular Hbond substituents is 1. The van der Waals surface area contributed by atoms with Crippen LogP contribution < -0.4 is 0 Å². The van der Waals surface area contributed by atoms with Gasteiger partial charge in [0.2, 0.25) is 5.95 Å². The summed E-state index contributed by atoms with van der Waals surface area (Å²) in [6.45, 7) is 5.00. The van der Waals surface area contributed by atoms with Gasteiger partial charge in [-0.2, -0.15) is 4.39 Å². The van der Waals surface area contributed by atoms with Gasteiger partial charge in [0.05, 0.1) is 17.0 Å². The number of hydrogen-bond donors (Lipinski definition) is 2. The van der Waals surface area contributed by atoms with E-state index in [0.29, 0.717) is 3.97 Å². The Morgan fingerprint density at radius 3 is 2.33 bits per heavy atom. The molecule has 3 rings (SSSR count). The summed E-state index contributed by atoms with van der Waals surface area (Å²) in [6.07, 6.45) is 0.764. The van der Waals surface area contributed by atoms with E-state index in [0.717, 1.165) is 41.6 Å². The number of carboxylic acid groups (broad SMARTS) is 1. The topological polar surface area (TPSA) is 113 Å². The van der Waals surface area contributed by atoms with Crippen LogP contribution in [0, 0.1) is 17.2 Å². The molecule has 2 N–H and O–H groups in total. The predicted octanol–water partition coefficient (Wildman–Crippen LogP) is 4.30. The van der Waals surface area contributed by atoms with Crippen molar-refractivity contribution in [3.63, 3.8) is 0 Å². The van der Waals surface area contributed by atoms with Gasteiger partial charge < -0.3 is 15.1 Å². The Morgan fingerprint density at radius 2 is 1.79 bits per heavy atom. The summed E-state index contributed by atoms with van der Waals surface area (Å²) in [5.41, 5.74) is -1.71. The minimum Gasteiger partial charge on any atom is -0.508 e. The fourth-order valence-corrected chi connectivity index (χ4v) is 4.70. The maximum absolute atomic E-state index is 15.6. The maximum Gasteiger partial charge on any atom is 0.407 e. The molecule has 0 unspecified atom stereocenters. The van der Waals surface area contributed by atoms with E-state index in [-0.39, 0.29) is 22.8 Å². The van der Waals surface area contributed by atoms with Crippen LogP contribution >= 0.6 is 0 Å². The van der Waals surface area contributed by atoms with Crippen LogP contribution in [0.3, 0.4) is 0 Å². The lowest BCUT2D eigenvalue weighted by molar-refractivity contribution is 0.122. The summed E-state index contributed by atoms with van der Waals surface area (Å²) in [5, 5.41) is 19.0. The molecule has 0 bridgehead atoms. The van der Waals surface area contributed by atoms with E-state index >= 15 is 4.39 Å². The highest BCUT2D eigenvalue weighted by Gasteiger charge is 2.30. The zero-order valence-corrected chi connectivity index (χ0v) is 19.0. The van der Waals surface area contributed by atoms with Crippen LogP contribution in [-0.4, -0.2) is 45.1 Å². The Kier molecular flexibility index (Phi) is 6.46. The second-order valence-corrected chi connectivity index (χ2v) is 10.5. The molecule has 0 radical (unpaired) electrons. The first-order valence-electron chi connectivity index (χ1n) is 9.84. The van der Waals surface area contributed by atoms with Crippen molar-refractivity contribution in [3.8, 4) is 17.0 Å². The number of nitrogens with zero attached hydrogens (tertiary/aromatic N) is 3. The average molecular weight is 480 g/mol. The van der Waals surface area contributed by atoms with Crippen molar-refractivity contribution < 1.29 is 32.2 Å². The van der Waals surface area contributed by atoms with Crippen LogP contribution in [0.25, 0.3) is 11.3 Å². The van der Waals surface area contributed by atoms with Gasteiger partial charge in [-0.1, -0.05) is 20.8 Å². The van der Waals surface area contributed by atoms with Crippen molar-refractivity contribution in [2.45, 2.75) is 32.2 Å². The van der Waals surface area contributed by atoms with Gasteiger partial charge in [-0.15, -0.1) is 0 Å². The molecular weight excluding hydrogens is 456 g/mol. The molecule has 2 aromatic heterocycles. The Bertz CT molecular complexity index is 1280. The number of aromatic hydroxyl groups is 1. The monoisotopic (exact) mass is 479 g/mol. The number of hydrogen-bond acceptors (Lipinski definition) is 5. The fourth-order valence-electron chi connectivity index (χ4n) is 3.31. The van der Waals surface area contributed by atoms with Crippen LogP contribution in [0.15, 0.2) is 53.7 Å². The van der Waals surface area contributed by atoms with E-state index in [9.17, 15) is 27.8 Å². The highest BCUT2D eigenvalue weighted by Crippen LogP contribution is 2.33. The van der Waals surface area contributed by atoms with Crippen LogP contribution in [0.4, 0.5) is 13.6 Å². The zero-order chi connectivity index (χ0) is 24.6. The highest BCUT2D eigenvalue weighted by atomic mass is 32.2. The molecule has 2 heterocycles. The third kappa shape index (κ3) is 5.14. The summed E-state index contributed by atoms with van der Waals surface area (Å²) in [7, 11) is -4.44. The molecule has 11 heteroatoms. The molecule has 8 nitrogen and oxygen atoms in total. The van der Waals surface area contributed by atoms with Gasteiger partial charge >= 0.3 is 6.09 Å². The van der Waals surface area contributed by atoms with Gasteiger partial charge in [-0.05, 0) is 41.8 Å². The first-order valence-corrected chi connectivity index (χ1v) is 11.3. The Morgan fingerprint density at radius 1 is 1.15 bits per heavy atom. The number of pyridine rings is 1. The van der Waals surface area contributed by atoms with Gasteiger partial charge in [0.25, 0.3) is 10.0 Å². The summed E-state index contributed by atoms with van der Waals surface area (Å²) in [6, 6.07) is 7.03. The van der Waals surface area contributed by atoms with Gasteiger partial charge in [-0.3, -0.25) is 0 Å². The summed E-state index contributed by atoms with van der Waals surface area (Å²) in [5.74, 6) is -2.34. The Labute approximate surface area is 189 Å². The third-order valence-electron chi connectivity index (χ3n) is 4.69. The molecule has 0 aliphatic heterocycles. The number of rotatable bonds is 6. The average Bonchev–Trinajstić information content (AvgIpc) is 3.04. The van der Waals surface area contributed by atoms with E-state index in [4.69, 9.17) is 0 Å². The number of benzene rings is 1. The molecule has 176 valence electrons. The van der Waals surface area contributed by atoms with Crippen molar-refractivity contribution in [2.24, 2.45) is 5.41 Å². The summed E-state index contributed by atoms with van der Waals surface area (Å²) >= 11 is 0. The standard InChI is InChI=1S/C22H23F2N3O5S/c1-22(2,3)13-26(21(29)30)11-14-12-27(33(31,32)16-8-6-15(28)7-9-16)19(18(14)23)17-5-4-10-25-20(17)24/h4-10,12,28H,11,13H2,1-3H3,(H,29,30). The van der Waals surface area contributed by atoms with Crippen molar-refractivity contribution in [1.29, 1.82) is 0 Å². The summed E-state index contributed by atoms with van der Waals surface area (Å²) < 4.78 is 57.2. The number of carbonyl (C=O) groups is 1. The number of halogens is 2. The SMILES string of the molecule is CC(C)(C)CN(Cc1cn(S(=O)(=O)c2ccc(O)cc2)c(-c2cccnc2F)c1F)C(=O)O. The molecule has 0 saturated carbocycles. The minimum atomic E-state index is -4.44. The van der Waals surface area contributed by atoms with Crippen molar-refractivity contribution in [2.75, 3.05) is 6.54 Å². The van der Waals surface area contributed by atoms with E-state index in [2.05, 4.69) is 4.98 Å². The number of amides is 1. The summed E-state index contributed by atoms with van der Waals surface area (Å²) in [4.78, 5) is 15.9. The van der Waals surface area contributed by atoms with Crippen LogP contribution in [0.2, 0.25) is 0 Å². The molecule has 0 atom stereocenters. The molecule has 0 spiro atoms. The maximum atomic E-state index is 15.6. The van der Waals surface area contributed by atoms with Crippen molar-refractivity contribution >= 4 is 16.1 Å². The van der Waals surface area contributed by atoms with Gasteiger partial charge in [-0.25, -0.2) is 26.6 Å². The number of aromatic nitrogens is 2. The first kappa shape index (κ1) is 24.2.